The van der Waals surface area contributed by atoms with Crippen molar-refractivity contribution in [3.05, 3.63) is 85.1 Å². The maximum Gasteiger partial charge on any atom is 0.472 e. The largest absolute Gasteiger partial charge is 0.472 e. The molecule has 0 saturated heterocycles. The third-order valence-electron chi connectivity index (χ3n) is 13.8. The van der Waals surface area contributed by atoms with Crippen LogP contribution in [0.15, 0.2) is 85.1 Å². The summed E-state index contributed by atoms with van der Waals surface area (Å²) in [6.45, 7) is 6.89. The van der Waals surface area contributed by atoms with E-state index in [1.54, 1.807) is 0 Å². The van der Waals surface area contributed by atoms with Crippen molar-refractivity contribution >= 4 is 19.7 Å². The normalized spacial score (nSPS) is 14.2. The summed E-state index contributed by atoms with van der Waals surface area (Å²) in [6, 6.07) is -0.861. The summed E-state index contributed by atoms with van der Waals surface area (Å²) in [5.41, 5.74) is 0. The Kier molecular flexibility index (Phi) is 54.4. The number of allylic oxidation sites excluding steroid dienone is 13. The van der Waals surface area contributed by atoms with Crippen molar-refractivity contribution in [3.8, 4) is 0 Å². The molecule has 0 aromatic heterocycles. The van der Waals surface area contributed by atoms with Crippen molar-refractivity contribution in [1.29, 1.82) is 0 Å². The molecule has 446 valence electrons. The van der Waals surface area contributed by atoms with Crippen LogP contribution in [0.3, 0.4) is 0 Å². The van der Waals surface area contributed by atoms with Crippen molar-refractivity contribution in [2.75, 3.05) is 40.9 Å². The molecule has 0 aliphatic heterocycles. The van der Waals surface area contributed by atoms with Crippen LogP contribution >= 0.6 is 7.82 Å². The van der Waals surface area contributed by atoms with E-state index in [2.05, 4.69) is 99.0 Å². The van der Waals surface area contributed by atoms with Crippen LogP contribution in [0, 0.1) is 0 Å². The van der Waals surface area contributed by atoms with Crippen molar-refractivity contribution in [2.24, 2.45) is 0 Å². The molecule has 0 saturated carbocycles. The number of carbonyl (C=O) groups is 2. The van der Waals surface area contributed by atoms with Gasteiger partial charge >= 0.3 is 13.8 Å². The number of carbonyl (C=O) groups excluding carboxylic acids is 2. The van der Waals surface area contributed by atoms with Gasteiger partial charge in [0.1, 0.15) is 19.3 Å². The van der Waals surface area contributed by atoms with E-state index in [1.807, 2.05) is 33.3 Å². The van der Waals surface area contributed by atoms with Crippen molar-refractivity contribution in [3.63, 3.8) is 0 Å². The van der Waals surface area contributed by atoms with Crippen LogP contribution in [0.4, 0.5) is 0 Å². The minimum atomic E-state index is -4.46. The number of hydrogen-bond donors (Lipinski definition) is 2. The van der Waals surface area contributed by atoms with Gasteiger partial charge in [0.25, 0.3) is 0 Å². The molecule has 0 aliphatic rings. The Balaban J connectivity index is 5.22. The van der Waals surface area contributed by atoms with Crippen molar-refractivity contribution < 1.29 is 37.3 Å². The summed E-state index contributed by atoms with van der Waals surface area (Å²) in [4.78, 5) is 37.7. The highest BCUT2D eigenvalue weighted by Gasteiger charge is 2.30. The molecule has 9 nitrogen and oxygen atoms in total. The van der Waals surface area contributed by atoms with E-state index in [9.17, 15) is 19.0 Å². The lowest BCUT2D eigenvalue weighted by Crippen LogP contribution is -2.47. The summed E-state index contributed by atoms with van der Waals surface area (Å²) in [6.07, 6.45) is 74.4. The maximum absolute atomic E-state index is 13.5. The third-order valence-corrected chi connectivity index (χ3v) is 14.8. The van der Waals surface area contributed by atoms with Crippen LogP contribution in [0.5, 0.6) is 0 Å². The van der Waals surface area contributed by atoms with Gasteiger partial charge in [0.05, 0.1) is 33.8 Å². The Bertz CT molecular complexity index is 1590. The van der Waals surface area contributed by atoms with Gasteiger partial charge in [-0.2, -0.15) is 0 Å². The average molecular weight is 1100 g/mol. The number of ether oxygens (including phenoxy) is 1. The number of phosphoric acid groups is 1. The number of likely N-dealkylation sites (N-methyl/N-ethyl adjacent to an activating group) is 1. The van der Waals surface area contributed by atoms with Gasteiger partial charge in [-0.25, -0.2) is 4.57 Å². The molecule has 3 unspecified atom stereocenters. The Morgan fingerprint density at radius 3 is 1.25 bits per heavy atom. The van der Waals surface area contributed by atoms with E-state index in [0.717, 1.165) is 103 Å². The molecule has 0 spiro atoms. The van der Waals surface area contributed by atoms with Gasteiger partial charge in [-0.3, -0.25) is 18.6 Å². The Hall–Kier alpha value is -2.81. The van der Waals surface area contributed by atoms with Crippen LogP contribution in [0.2, 0.25) is 0 Å². The molecule has 0 radical (unpaired) electrons. The first-order valence-electron chi connectivity index (χ1n) is 31.9. The van der Waals surface area contributed by atoms with E-state index in [1.165, 1.54) is 135 Å². The van der Waals surface area contributed by atoms with Gasteiger partial charge < -0.3 is 19.4 Å². The van der Waals surface area contributed by atoms with Gasteiger partial charge in [-0.1, -0.05) is 267 Å². The molecule has 0 fully saturated rings. The molecule has 1 amide bonds. The number of quaternary nitrogens is 1. The number of rotatable bonds is 57. The fourth-order valence-electron chi connectivity index (χ4n) is 8.94. The minimum absolute atomic E-state index is 0.0338. The smallest absolute Gasteiger partial charge is 0.456 e. The van der Waals surface area contributed by atoms with Crippen LogP contribution in [-0.4, -0.2) is 74.3 Å². The zero-order chi connectivity index (χ0) is 56.4. The zero-order valence-corrected chi connectivity index (χ0v) is 51.8. The number of hydrogen-bond acceptors (Lipinski definition) is 6. The standard InChI is InChI=1S/C67H121N2O7P/c1-7-10-13-16-19-22-25-27-29-31-32-33-34-35-36-38-40-42-45-48-51-54-57-60-67(71)76-65(58-55-52-49-46-43-24-21-18-15-12-9-3)64(63-75-77(72,73)74-62-61-69(4,5)6)68-66(70)59-56-53-50-47-44-41-39-37-30-28-26-23-20-17-14-11-8-2/h10,13,19,22,27,29,32-33,35-36,40,42,55,58,64-65H,7-9,11-12,14-18,20-21,23-26,28,30-31,34,37-39,41,43-54,56-57,59-63H2,1-6H3,(H-,68,70,72,73)/p+1/b13-10-,22-19-,29-27-,33-32-,36-35-,42-40-,58-55+. The fourth-order valence-corrected chi connectivity index (χ4v) is 9.68. The SMILES string of the molecule is CC/C=C\C/C=C\C/C=C\C/C=C\C/C=C\C/C=C\CCCCCCC(=O)OC(/C=C/CCCCCCCCCCC)C(COP(=O)(O)OCC[N+](C)(C)C)NC(=O)CCCCCCCCCCCCCCCCCCC. The van der Waals surface area contributed by atoms with E-state index >= 15 is 0 Å². The first-order valence-corrected chi connectivity index (χ1v) is 33.4. The number of amides is 1. The van der Waals surface area contributed by atoms with Gasteiger partial charge in [0.15, 0.2) is 0 Å². The van der Waals surface area contributed by atoms with Gasteiger partial charge in [0.2, 0.25) is 5.91 Å². The second-order valence-corrected chi connectivity index (χ2v) is 24.0. The van der Waals surface area contributed by atoms with Crippen molar-refractivity contribution in [1.82, 2.24) is 5.32 Å². The topological polar surface area (TPSA) is 111 Å². The number of unbranched alkanes of at least 4 members (excludes halogenated alkanes) is 29. The molecule has 0 bridgehead atoms. The number of esters is 1. The van der Waals surface area contributed by atoms with Crippen LogP contribution in [0.25, 0.3) is 0 Å². The van der Waals surface area contributed by atoms with Gasteiger partial charge in [0, 0.05) is 12.8 Å². The van der Waals surface area contributed by atoms with E-state index in [-0.39, 0.29) is 31.5 Å². The monoisotopic (exact) mass is 1100 g/mol. The van der Waals surface area contributed by atoms with Gasteiger partial charge in [-0.05, 0) is 83.1 Å². The Labute approximate surface area is 476 Å². The second kappa shape index (κ2) is 56.5. The molecule has 3 atom stereocenters. The van der Waals surface area contributed by atoms with Crippen LogP contribution in [-0.2, 0) is 27.9 Å². The Morgan fingerprint density at radius 2 is 0.831 bits per heavy atom. The summed E-state index contributed by atoms with van der Waals surface area (Å²) in [7, 11) is 1.48. The molecule has 0 aliphatic carbocycles. The van der Waals surface area contributed by atoms with Crippen molar-refractivity contribution in [2.45, 2.75) is 290 Å². The highest BCUT2D eigenvalue weighted by atomic mass is 31.2. The van der Waals surface area contributed by atoms with E-state index in [0.29, 0.717) is 23.9 Å². The summed E-state index contributed by atoms with van der Waals surface area (Å²) >= 11 is 0. The Morgan fingerprint density at radius 1 is 0.468 bits per heavy atom. The molecular formula is C67H122N2O7P+. The molecule has 0 aromatic carbocycles. The van der Waals surface area contributed by atoms with E-state index < -0.39 is 20.0 Å². The predicted molar refractivity (Wildman–Crippen MR) is 332 cm³/mol. The molecule has 0 heterocycles. The lowest BCUT2D eigenvalue weighted by Gasteiger charge is -2.27. The number of nitrogens with one attached hydrogen (secondary N) is 1. The fraction of sp³-hybridized carbons (Fsp3) is 0.761. The summed E-state index contributed by atoms with van der Waals surface area (Å²) in [5.74, 6) is -0.531. The first kappa shape index (κ1) is 74.2. The molecule has 0 rings (SSSR count). The van der Waals surface area contributed by atoms with E-state index in [4.69, 9.17) is 13.8 Å². The minimum Gasteiger partial charge on any atom is -0.456 e. The summed E-state index contributed by atoms with van der Waals surface area (Å²) in [5, 5.41) is 3.05. The zero-order valence-electron chi connectivity index (χ0n) is 50.9. The quantitative estimate of drug-likeness (QED) is 0.0205. The van der Waals surface area contributed by atoms with Gasteiger partial charge in [-0.15, -0.1) is 0 Å². The maximum atomic E-state index is 13.5. The average Bonchev–Trinajstić information content (AvgIpc) is 3.39. The highest BCUT2D eigenvalue weighted by molar-refractivity contribution is 7.47. The highest BCUT2D eigenvalue weighted by Crippen LogP contribution is 2.43. The number of nitrogens with zero attached hydrogens (tertiary/aromatic N) is 1. The molecular weight excluding hydrogens is 976 g/mol. The number of phosphoric ester groups is 1. The molecule has 10 heteroatoms. The van der Waals surface area contributed by atoms with Crippen LogP contribution < -0.4 is 5.32 Å². The lowest BCUT2D eigenvalue weighted by molar-refractivity contribution is -0.870. The lowest BCUT2D eigenvalue weighted by atomic mass is 10.0. The molecule has 0 aromatic rings. The third kappa shape index (κ3) is 57.7. The molecule has 2 N–H and O–H groups in total. The van der Waals surface area contributed by atoms with Crippen LogP contribution in [0.1, 0.15) is 278 Å². The predicted octanol–water partition coefficient (Wildman–Crippen LogP) is 19.8. The first-order chi connectivity index (χ1) is 37.4. The summed E-state index contributed by atoms with van der Waals surface area (Å²) < 4.78 is 30.7. The second-order valence-electron chi connectivity index (χ2n) is 22.6. The molecule has 77 heavy (non-hydrogen) atoms.